The molecule has 4 rings (SSSR count). The van der Waals surface area contributed by atoms with Crippen molar-refractivity contribution >= 4 is 5.91 Å². The predicted molar refractivity (Wildman–Crippen MR) is 102 cm³/mol. The van der Waals surface area contributed by atoms with Gasteiger partial charge < -0.3 is 14.8 Å². The maximum absolute atomic E-state index is 12.3. The fourth-order valence-corrected chi connectivity index (χ4v) is 4.08. The van der Waals surface area contributed by atoms with Gasteiger partial charge in [-0.15, -0.1) is 0 Å². The quantitative estimate of drug-likeness (QED) is 0.846. The van der Waals surface area contributed by atoms with Crippen LogP contribution in [0.3, 0.4) is 0 Å². The smallest absolute Gasteiger partial charge is 0.251 e. The molecule has 0 spiro atoms. The number of aromatic nitrogens is 1. The summed E-state index contributed by atoms with van der Waals surface area (Å²) in [5.74, 6) is 1.66. The summed E-state index contributed by atoms with van der Waals surface area (Å²) in [4.78, 5) is 18.6. The molecule has 1 amide bonds. The Kier molecular flexibility index (Phi) is 5.36. The average molecular weight is 367 g/mol. The van der Waals surface area contributed by atoms with Crippen molar-refractivity contribution in [3.8, 4) is 5.75 Å². The number of hydrogen-bond donors (Lipinski definition) is 1. The minimum atomic E-state index is -0.0490. The molecule has 3 atom stereocenters. The molecule has 142 valence electrons. The fraction of sp³-hybridized carbons (Fsp3) is 0.429. The molecule has 2 saturated heterocycles. The zero-order valence-electron chi connectivity index (χ0n) is 15.5. The van der Waals surface area contributed by atoms with Crippen LogP contribution in [0.25, 0.3) is 0 Å². The van der Waals surface area contributed by atoms with Crippen molar-refractivity contribution in [1.29, 1.82) is 0 Å². The minimum absolute atomic E-state index is 0.0490. The molecule has 0 aliphatic carbocycles. The zero-order chi connectivity index (χ0) is 18.6. The van der Waals surface area contributed by atoms with Crippen molar-refractivity contribution < 1.29 is 14.3 Å². The number of nitrogens with zero attached hydrogens (tertiary/aromatic N) is 2. The Hall–Kier alpha value is -2.44. The number of rotatable bonds is 6. The minimum Gasteiger partial charge on any atom is -0.497 e. The van der Waals surface area contributed by atoms with Crippen LogP contribution in [0.1, 0.15) is 15.9 Å². The largest absolute Gasteiger partial charge is 0.497 e. The van der Waals surface area contributed by atoms with Crippen LogP contribution in [0.2, 0.25) is 0 Å². The zero-order valence-corrected chi connectivity index (χ0v) is 15.5. The summed E-state index contributed by atoms with van der Waals surface area (Å²) in [7, 11) is 1.69. The van der Waals surface area contributed by atoms with Crippen LogP contribution >= 0.6 is 0 Å². The molecule has 2 aromatic rings. The first-order valence-electron chi connectivity index (χ1n) is 9.38. The van der Waals surface area contributed by atoms with Gasteiger partial charge >= 0.3 is 0 Å². The summed E-state index contributed by atoms with van der Waals surface area (Å²) < 4.78 is 11.3. The van der Waals surface area contributed by atoms with Gasteiger partial charge in [-0.3, -0.25) is 14.7 Å². The third-order valence-corrected chi connectivity index (χ3v) is 5.52. The molecule has 2 aliphatic heterocycles. The number of nitrogens with one attached hydrogen (secondary N) is 1. The second kappa shape index (κ2) is 8.06. The Morgan fingerprint density at radius 2 is 2.15 bits per heavy atom. The molecule has 1 aromatic carbocycles. The lowest BCUT2D eigenvalue weighted by Crippen LogP contribution is -2.34. The Morgan fingerprint density at radius 3 is 2.96 bits per heavy atom. The monoisotopic (exact) mass is 367 g/mol. The van der Waals surface area contributed by atoms with Crippen LogP contribution < -0.4 is 10.1 Å². The van der Waals surface area contributed by atoms with Crippen LogP contribution in [-0.2, 0) is 11.3 Å². The number of ether oxygens (including phenoxy) is 2. The summed E-state index contributed by atoms with van der Waals surface area (Å²) in [6.07, 6.45) is 3.53. The van der Waals surface area contributed by atoms with Gasteiger partial charge in [0, 0.05) is 56.0 Å². The third kappa shape index (κ3) is 4.12. The highest BCUT2D eigenvalue weighted by molar-refractivity contribution is 5.93. The fourth-order valence-electron chi connectivity index (χ4n) is 4.08. The van der Waals surface area contributed by atoms with E-state index in [1.807, 2.05) is 12.1 Å². The molecule has 2 fully saturated rings. The van der Waals surface area contributed by atoms with E-state index in [4.69, 9.17) is 9.47 Å². The molecule has 2 aliphatic rings. The van der Waals surface area contributed by atoms with Crippen molar-refractivity contribution in [2.75, 3.05) is 33.4 Å². The van der Waals surface area contributed by atoms with Crippen LogP contribution in [0.4, 0.5) is 0 Å². The van der Waals surface area contributed by atoms with E-state index in [-0.39, 0.29) is 12.0 Å². The van der Waals surface area contributed by atoms with E-state index < -0.39 is 0 Å². The lowest BCUT2D eigenvalue weighted by atomic mass is 9.93. The summed E-state index contributed by atoms with van der Waals surface area (Å²) in [5, 5.41) is 3.05. The van der Waals surface area contributed by atoms with Crippen molar-refractivity contribution in [1.82, 2.24) is 15.2 Å². The lowest BCUT2D eigenvalue weighted by Gasteiger charge is -2.20. The van der Waals surface area contributed by atoms with Gasteiger partial charge in [0.25, 0.3) is 5.91 Å². The molecular formula is C21H25N3O3. The Bertz CT molecular complexity index is 783. The average Bonchev–Trinajstić information content (AvgIpc) is 3.27. The molecule has 3 heterocycles. The van der Waals surface area contributed by atoms with E-state index in [0.29, 0.717) is 23.9 Å². The maximum atomic E-state index is 12.3. The molecule has 1 aromatic heterocycles. The van der Waals surface area contributed by atoms with E-state index in [9.17, 15) is 4.79 Å². The first-order valence-corrected chi connectivity index (χ1v) is 9.38. The highest BCUT2D eigenvalue weighted by Crippen LogP contribution is 2.34. The number of pyridine rings is 1. The number of amides is 1. The van der Waals surface area contributed by atoms with Gasteiger partial charge in [0.1, 0.15) is 5.75 Å². The van der Waals surface area contributed by atoms with Gasteiger partial charge in [-0.1, -0.05) is 12.1 Å². The van der Waals surface area contributed by atoms with Crippen molar-refractivity contribution in [3.63, 3.8) is 0 Å². The third-order valence-electron chi connectivity index (χ3n) is 5.52. The van der Waals surface area contributed by atoms with Gasteiger partial charge in [0.15, 0.2) is 0 Å². The van der Waals surface area contributed by atoms with Crippen molar-refractivity contribution in [2.24, 2.45) is 11.8 Å². The SMILES string of the molecule is COc1cccc(CN2C[C@@H]3[C@H](CNC(=O)c4ccncc4)CO[C@@H]3C2)c1. The van der Waals surface area contributed by atoms with Gasteiger partial charge in [-0.05, 0) is 29.8 Å². The van der Waals surface area contributed by atoms with Crippen LogP contribution in [-0.4, -0.2) is 55.2 Å². The Balaban J connectivity index is 1.31. The molecule has 1 N–H and O–H groups in total. The highest BCUT2D eigenvalue weighted by Gasteiger charge is 2.43. The second-order valence-corrected chi connectivity index (χ2v) is 7.29. The number of methoxy groups -OCH3 is 1. The molecule has 27 heavy (non-hydrogen) atoms. The topological polar surface area (TPSA) is 63.7 Å². The molecule has 0 unspecified atom stereocenters. The summed E-state index contributed by atoms with van der Waals surface area (Å²) in [6, 6.07) is 11.7. The molecular weight excluding hydrogens is 342 g/mol. The number of likely N-dealkylation sites (tertiary alicyclic amines) is 1. The summed E-state index contributed by atoms with van der Waals surface area (Å²) in [6.45, 7) is 4.20. The molecule has 0 bridgehead atoms. The number of hydrogen-bond acceptors (Lipinski definition) is 5. The molecule has 0 saturated carbocycles. The second-order valence-electron chi connectivity index (χ2n) is 7.29. The van der Waals surface area contributed by atoms with E-state index in [1.54, 1.807) is 31.6 Å². The highest BCUT2D eigenvalue weighted by atomic mass is 16.5. The number of benzene rings is 1. The molecule has 6 heteroatoms. The van der Waals surface area contributed by atoms with Crippen molar-refractivity contribution in [2.45, 2.75) is 12.6 Å². The number of fused-ring (bicyclic) bond motifs is 1. The van der Waals surface area contributed by atoms with Gasteiger partial charge in [-0.2, -0.15) is 0 Å². The van der Waals surface area contributed by atoms with Crippen molar-refractivity contribution in [3.05, 3.63) is 59.9 Å². The summed E-state index contributed by atoms with van der Waals surface area (Å²) in [5.41, 5.74) is 1.89. The van der Waals surface area contributed by atoms with E-state index in [0.717, 1.165) is 32.0 Å². The number of carbonyl (C=O) groups excluding carboxylic acids is 1. The number of carbonyl (C=O) groups is 1. The lowest BCUT2D eigenvalue weighted by molar-refractivity contribution is 0.0903. The van der Waals surface area contributed by atoms with Crippen LogP contribution in [0, 0.1) is 11.8 Å². The first kappa shape index (κ1) is 17.9. The first-order chi connectivity index (χ1) is 13.2. The van der Waals surface area contributed by atoms with Gasteiger partial charge in [0.2, 0.25) is 0 Å². The van der Waals surface area contributed by atoms with Gasteiger partial charge in [0.05, 0.1) is 19.8 Å². The van der Waals surface area contributed by atoms with Gasteiger partial charge in [-0.25, -0.2) is 0 Å². The molecule has 6 nitrogen and oxygen atoms in total. The summed E-state index contributed by atoms with van der Waals surface area (Å²) >= 11 is 0. The Labute approximate surface area is 159 Å². The van der Waals surface area contributed by atoms with Crippen LogP contribution in [0.15, 0.2) is 48.8 Å². The van der Waals surface area contributed by atoms with Crippen LogP contribution in [0.5, 0.6) is 5.75 Å². The molecule has 0 radical (unpaired) electrons. The maximum Gasteiger partial charge on any atom is 0.251 e. The normalized spacial score (nSPS) is 24.6. The van der Waals surface area contributed by atoms with E-state index >= 15 is 0 Å². The van der Waals surface area contributed by atoms with E-state index in [2.05, 4.69) is 27.3 Å². The standard InChI is InChI=1S/C21H25N3O3/c1-26-18-4-2-3-15(9-18)11-24-12-19-17(14-27-20(19)13-24)10-23-21(25)16-5-7-22-8-6-16/h2-9,17,19-20H,10-14H2,1H3,(H,23,25)/t17-,19-,20-/m1/s1. The van der Waals surface area contributed by atoms with E-state index in [1.165, 1.54) is 5.56 Å². The Morgan fingerprint density at radius 1 is 1.30 bits per heavy atom. The predicted octanol–water partition coefficient (Wildman–Crippen LogP) is 1.97.